The molecule has 0 bridgehead atoms. The molecule has 0 saturated heterocycles. The number of hydrogen-bond acceptors (Lipinski definition) is 2. The quantitative estimate of drug-likeness (QED) is 0.566. The van der Waals surface area contributed by atoms with Gasteiger partial charge in [-0.25, -0.2) is 0 Å². The first-order valence-corrected chi connectivity index (χ1v) is 4.26. The Kier molecular flexibility index (Phi) is 4.34. The standard InChI is InChI=1S/C9H19NO/c1-5-7-9(6-2,8-11)10(3)4/h8H,5-7H2,1-4H3. The minimum Gasteiger partial charge on any atom is -0.301 e. The summed E-state index contributed by atoms with van der Waals surface area (Å²) >= 11 is 0. The zero-order chi connectivity index (χ0) is 8.91. The van der Waals surface area contributed by atoms with Gasteiger partial charge in [0, 0.05) is 0 Å². The summed E-state index contributed by atoms with van der Waals surface area (Å²) in [6.45, 7) is 4.17. The molecule has 1 unspecified atom stereocenters. The number of carbonyl (C=O) groups is 1. The van der Waals surface area contributed by atoms with Gasteiger partial charge in [-0.1, -0.05) is 20.3 Å². The number of carbonyl (C=O) groups excluding carboxylic acids is 1. The lowest BCUT2D eigenvalue weighted by Crippen LogP contribution is -2.45. The SMILES string of the molecule is CCCC(C=O)(CC)N(C)C. The monoisotopic (exact) mass is 157 g/mol. The summed E-state index contributed by atoms with van der Waals surface area (Å²) in [5, 5.41) is 0. The third-order valence-electron chi connectivity index (χ3n) is 2.41. The maximum atomic E-state index is 10.8. The van der Waals surface area contributed by atoms with Gasteiger partial charge in [0.05, 0.1) is 5.54 Å². The summed E-state index contributed by atoms with van der Waals surface area (Å²) in [5.41, 5.74) is -0.214. The van der Waals surface area contributed by atoms with Gasteiger partial charge in [-0.3, -0.25) is 4.90 Å². The Balaban J connectivity index is 4.32. The van der Waals surface area contributed by atoms with Crippen LogP contribution in [0.2, 0.25) is 0 Å². The summed E-state index contributed by atoms with van der Waals surface area (Å²) in [6.07, 6.45) is 4.00. The fraction of sp³-hybridized carbons (Fsp3) is 0.889. The van der Waals surface area contributed by atoms with Crippen molar-refractivity contribution in [1.29, 1.82) is 0 Å². The molecule has 0 aliphatic carbocycles. The number of hydrogen-bond donors (Lipinski definition) is 0. The first-order chi connectivity index (χ1) is 5.13. The lowest BCUT2D eigenvalue weighted by atomic mass is 9.91. The third kappa shape index (κ3) is 2.29. The van der Waals surface area contributed by atoms with Crippen LogP contribution in [0.4, 0.5) is 0 Å². The summed E-state index contributed by atoms with van der Waals surface area (Å²) in [7, 11) is 3.93. The van der Waals surface area contributed by atoms with Crippen molar-refractivity contribution in [2.24, 2.45) is 0 Å². The van der Waals surface area contributed by atoms with E-state index < -0.39 is 0 Å². The van der Waals surface area contributed by atoms with Crippen LogP contribution >= 0.6 is 0 Å². The molecule has 11 heavy (non-hydrogen) atoms. The van der Waals surface area contributed by atoms with Crippen LogP contribution in [0.5, 0.6) is 0 Å². The Morgan fingerprint density at radius 2 is 1.91 bits per heavy atom. The molecule has 1 atom stereocenters. The van der Waals surface area contributed by atoms with E-state index in [1.165, 1.54) is 0 Å². The highest BCUT2D eigenvalue weighted by Crippen LogP contribution is 2.20. The van der Waals surface area contributed by atoms with Gasteiger partial charge in [-0.2, -0.15) is 0 Å². The average molecular weight is 157 g/mol. The minimum absolute atomic E-state index is 0.214. The molecule has 0 aliphatic rings. The molecule has 0 heterocycles. The van der Waals surface area contributed by atoms with Crippen LogP contribution in [-0.4, -0.2) is 30.8 Å². The lowest BCUT2D eigenvalue weighted by Gasteiger charge is -2.33. The molecule has 0 aromatic rings. The predicted octanol–water partition coefficient (Wildman–Crippen LogP) is 1.70. The zero-order valence-corrected chi connectivity index (χ0v) is 8.05. The molecule has 0 radical (unpaired) electrons. The Labute approximate surface area is 69.6 Å². The van der Waals surface area contributed by atoms with E-state index in [2.05, 4.69) is 13.8 Å². The summed E-state index contributed by atoms with van der Waals surface area (Å²) < 4.78 is 0. The molecule has 0 aromatic heterocycles. The van der Waals surface area contributed by atoms with E-state index in [1.807, 2.05) is 19.0 Å². The van der Waals surface area contributed by atoms with Gasteiger partial charge in [0.2, 0.25) is 0 Å². The molecule has 0 amide bonds. The number of aldehydes is 1. The van der Waals surface area contributed by atoms with Gasteiger partial charge in [0.15, 0.2) is 0 Å². The predicted molar refractivity (Wildman–Crippen MR) is 47.7 cm³/mol. The van der Waals surface area contributed by atoms with E-state index in [4.69, 9.17) is 0 Å². The van der Waals surface area contributed by atoms with E-state index in [9.17, 15) is 4.79 Å². The first kappa shape index (κ1) is 10.6. The highest BCUT2D eigenvalue weighted by molar-refractivity contribution is 5.63. The van der Waals surface area contributed by atoms with Crippen molar-refractivity contribution in [3.63, 3.8) is 0 Å². The van der Waals surface area contributed by atoms with Crippen LogP contribution in [0.3, 0.4) is 0 Å². The second-order valence-corrected chi connectivity index (χ2v) is 3.22. The van der Waals surface area contributed by atoms with E-state index in [0.717, 1.165) is 25.5 Å². The summed E-state index contributed by atoms with van der Waals surface area (Å²) in [5.74, 6) is 0. The van der Waals surface area contributed by atoms with Crippen molar-refractivity contribution in [3.8, 4) is 0 Å². The van der Waals surface area contributed by atoms with Crippen molar-refractivity contribution in [2.75, 3.05) is 14.1 Å². The van der Waals surface area contributed by atoms with Crippen molar-refractivity contribution < 1.29 is 4.79 Å². The van der Waals surface area contributed by atoms with Crippen LogP contribution in [0.25, 0.3) is 0 Å². The molecule has 0 saturated carbocycles. The van der Waals surface area contributed by atoms with Crippen molar-refractivity contribution in [1.82, 2.24) is 4.90 Å². The summed E-state index contributed by atoms with van der Waals surface area (Å²) in [4.78, 5) is 12.9. The van der Waals surface area contributed by atoms with Crippen LogP contribution < -0.4 is 0 Å². The largest absolute Gasteiger partial charge is 0.301 e. The number of likely N-dealkylation sites (N-methyl/N-ethyl adjacent to an activating group) is 1. The van der Waals surface area contributed by atoms with Crippen LogP contribution in [0, 0.1) is 0 Å². The number of nitrogens with zero attached hydrogens (tertiary/aromatic N) is 1. The van der Waals surface area contributed by atoms with E-state index in [1.54, 1.807) is 0 Å². The van der Waals surface area contributed by atoms with Gasteiger partial charge >= 0.3 is 0 Å². The molecule has 2 nitrogen and oxygen atoms in total. The van der Waals surface area contributed by atoms with Gasteiger partial charge in [-0.05, 0) is 26.9 Å². The molecular weight excluding hydrogens is 138 g/mol. The second kappa shape index (κ2) is 4.50. The summed E-state index contributed by atoms with van der Waals surface area (Å²) in [6, 6.07) is 0. The van der Waals surface area contributed by atoms with Gasteiger partial charge in [0.25, 0.3) is 0 Å². The normalized spacial score (nSPS) is 16.5. The maximum absolute atomic E-state index is 10.8. The van der Waals surface area contributed by atoms with Gasteiger partial charge in [0.1, 0.15) is 6.29 Å². The number of rotatable bonds is 5. The van der Waals surface area contributed by atoms with Crippen molar-refractivity contribution >= 4 is 6.29 Å². The average Bonchev–Trinajstić information content (AvgIpc) is 2.00. The molecule has 66 valence electrons. The highest BCUT2D eigenvalue weighted by atomic mass is 16.1. The lowest BCUT2D eigenvalue weighted by molar-refractivity contribution is -0.117. The topological polar surface area (TPSA) is 20.3 Å². The van der Waals surface area contributed by atoms with Crippen LogP contribution in [0.1, 0.15) is 33.1 Å². The molecule has 0 rings (SSSR count). The third-order valence-corrected chi connectivity index (χ3v) is 2.41. The second-order valence-electron chi connectivity index (χ2n) is 3.22. The molecule has 2 heteroatoms. The maximum Gasteiger partial charge on any atom is 0.140 e. The first-order valence-electron chi connectivity index (χ1n) is 4.26. The Bertz CT molecular complexity index is 123. The molecular formula is C9H19NO. The fourth-order valence-corrected chi connectivity index (χ4v) is 1.40. The Morgan fingerprint density at radius 1 is 1.36 bits per heavy atom. The molecule has 0 spiro atoms. The van der Waals surface area contributed by atoms with Gasteiger partial charge < -0.3 is 4.79 Å². The van der Waals surface area contributed by atoms with Crippen LogP contribution in [0.15, 0.2) is 0 Å². The smallest absolute Gasteiger partial charge is 0.140 e. The van der Waals surface area contributed by atoms with Crippen molar-refractivity contribution in [2.45, 2.75) is 38.6 Å². The molecule has 0 aliphatic heterocycles. The molecule has 0 N–H and O–H groups in total. The van der Waals surface area contributed by atoms with Gasteiger partial charge in [-0.15, -0.1) is 0 Å². The highest BCUT2D eigenvalue weighted by Gasteiger charge is 2.28. The zero-order valence-electron chi connectivity index (χ0n) is 8.05. The minimum atomic E-state index is -0.214. The van der Waals surface area contributed by atoms with Crippen molar-refractivity contribution in [3.05, 3.63) is 0 Å². The fourth-order valence-electron chi connectivity index (χ4n) is 1.40. The molecule has 0 fully saturated rings. The van der Waals surface area contributed by atoms with E-state index in [-0.39, 0.29) is 5.54 Å². The van der Waals surface area contributed by atoms with E-state index in [0.29, 0.717) is 0 Å². The van der Waals surface area contributed by atoms with Crippen LogP contribution in [-0.2, 0) is 4.79 Å². The molecule has 0 aromatic carbocycles. The Morgan fingerprint density at radius 3 is 2.00 bits per heavy atom. The van der Waals surface area contributed by atoms with E-state index >= 15 is 0 Å². The Hall–Kier alpha value is -0.370.